The molecular formula is C21H24N2O4S2. The number of aryl methyl sites for hydroxylation is 1. The monoisotopic (exact) mass is 432 g/mol. The van der Waals surface area contributed by atoms with Crippen molar-refractivity contribution >= 4 is 44.8 Å². The van der Waals surface area contributed by atoms with Gasteiger partial charge in [-0.3, -0.25) is 9.59 Å². The molecule has 0 unspecified atom stereocenters. The third-order valence-electron chi connectivity index (χ3n) is 4.79. The van der Waals surface area contributed by atoms with Gasteiger partial charge in [-0.2, -0.15) is 0 Å². The van der Waals surface area contributed by atoms with Gasteiger partial charge in [0.05, 0.1) is 15.8 Å². The van der Waals surface area contributed by atoms with Crippen molar-refractivity contribution in [2.45, 2.75) is 48.2 Å². The van der Waals surface area contributed by atoms with E-state index in [1.54, 1.807) is 6.07 Å². The van der Waals surface area contributed by atoms with Crippen LogP contribution in [0.1, 0.15) is 32.3 Å². The number of hydrogen-bond acceptors (Lipinski definition) is 5. The average molecular weight is 433 g/mol. The van der Waals surface area contributed by atoms with Crippen molar-refractivity contribution in [1.29, 1.82) is 0 Å². The van der Waals surface area contributed by atoms with Crippen molar-refractivity contribution in [3.8, 4) is 0 Å². The first-order valence-corrected chi connectivity index (χ1v) is 12.0. The number of fused-ring (bicyclic) bond motifs is 1. The molecule has 2 aromatic rings. The van der Waals surface area contributed by atoms with E-state index >= 15 is 0 Å². The molecule has 29 heavy (non-hydrogen) atoms. The lowest BCUT2D eigenvalue weighted by atomic mass is 10.1. The zero-order valence-electron chi connectivity index (χ0n) is 16.4. The maximum atomic E-state index is 13.0. The number of anilines is 2. The molecule has 0 spiro atoms. The molecule has 3 rings (SSSR count). The van der Waals surface area contributed by atoms with Crippen LogP contribution in [-0.2, 0) is 25.8 Å². The highest BCUT2D eigenvalue weighted by Crippen LogP contribution is 2.33. The molecule has 1 atom stereocenters. The highest BCUT2D eigenvalue weighted by Gasteiger charge is 2.27. The Morgan fingerprint density at radius 1 is 1.21 bits per heavy atom. The number of carbonyl (C=O) groups is 2. The van der Waals surface area contributed by atoms with Crippen LogP contribution in [0.15, 0.2) is 52.3 Å². The van der Waals surface area contributed by atoms with Gasteiger partial charge < -0.3 is 10.6 Å². The number of sulfone groups is 1. The largest absolute Gasteiger partial charge is 0.326 e. The number of benzene rings is 2. The van der Waals surface area contributed by atoms with Gasteiger partial charge in [0.15, 0.2) is 9.84 Å². The van der Waals surface area contributed by atoms with E-state index in [1.807, 2.05) is 31.2 Å². The van der Waals surface area contributed by atoms with Crippen LogP contribution in [0.3, 0.4) is 0 Å². The van der Waals surface area contributed by atoms with Crippen LogP contribution in [0.5, 0.6) is 0 Å². The second-order valence-electron chi connectivity index (χ2n) is 6.96. The summed E-state index contributed by atoms with van der Waals surface area (Å²) in [5.41, 5.74) is 2.31. The van der Waals surface area contributed by atoms with Gasteiger partial charge in [0.25, 0.3) is 0 Å². The number of nitrogens with one attached hydrogen (secondary N) is 2. The molecule has 0 bridgehead atoms. The second-order valence-corrected chi connectivity index (χ2v) is 10.5. The third kappa shape index (κ3) is 5.19. The molecule has 6 nitrogen and oxygen atoms in total. The Kier molecular flexibility index (Phi) is 6.64. The molecular weight excluding hydrogens is 408 g/mol. The maximum Gasteiger partial charge on any atom is 0.225 e. The quantitative estimate of drug-likeness (QED) is 0.723. The fourth-order valence-electron chi connectivity index (χ4n) is 3.01. The van der Waals surface area contributed by atoms with Crippen LogP contribution in [0.2, 0.25) is 0 Å². The summed E-state index contributed by atoms with van der Waals surface area (Å²) in [7, 11) is -3.72. The summed E-state index contributed by atoms with van der Waals surface area (Å²) in [4.78, 5) is 25.1. The Morgan fingerprint density at radius 3 is 2.62 bits per heavy atom. The SMILES string of the molecule is CCc1ccc(NC(=O)C[C@H](C)S(=O)(=O)c2ccc3c(c2)NC(=O)CCS3)cc1. The van der Waals surface area contributed by atoms with E-state index in [1.165, 1.54) is 30.8 Å². The normalized spacial score (nSPS) is 15.0. The van der Waals surface area contributed by atoms with Crippen molar-refractivity contribution in [2.75, 3.05) is 16.4 Å². The molecule has 0 aliphatic carbocycles. The fourth-order valence-corrected chi connectivity index (χ4v) is 5.33. The van der Waals surface area contributed by atoms with Crippen molar-refractivity contribution in [3.63, 3.8) is 0 Å². The van der Waals surface area contributed by atoms with E-state index in [2.05, 4.69) is 10.6 Å². The molecule has 1 heterocycles. The van der Waals surface area contributed by atoms with E-state index in [9.17, 15) is 18.0 Å². The number of amides is 2. The van der Waals surface area contributed by atoms with Crippen molar-refractivity contribution in [1.82, 2.24) is 0 Å². The minimum Gasteiger partial charge on any atom is -0.326 e. The topological polar surface area (TPSA) is 92.3 Å². The number of hydrogen-bond donors (Lipinski definition) is 2. The standard InChI is InChI=1S/C21H24N2O4S2/c1-3-15-4-6-16(7-5-15)22-21(25)12-14(2)29(26,27)17-8-9-19-18(13-17)23-20(24)10-11-28-19/h4-9,13-14H,3,10-12H2,1-2H3,(H,22,25)(H,23,24)/t14-/m0/s1. The Morgan fingerprint density at radius 2 is 1.93 bits per heavy atom. The number of rotatable bonds is 6. The summed E-state index contributed by atoms with van der Waals surface area (Å²) >= 11 is 1.51. The Labute approximate surface area is 175 Å². The van der Waals surface area contributed by atoms with Crippen molar-refractivity contribution in [3.05, 3.63) is 48.0 Å². The summed E-state index contributed by atoms with van der Waals surface area (Å²) in [6, 6.07) is 12.2. The van der Waals surface area contributed by atoms with Crippen LogP contribution >= 0.6 is 11.8 Å². The Bertz CT molecular complexity index is 1020. The molecule has 1 aliphatic rings. The molecule has 2 N–H and O–H groups in total. The van der Waals surface area contributed by atoms with Gasteiger partial charge in [0, 0.05) is 29.2 Å². The maximum absolute atomic E-state index is 13.0. The number of thioether (sulfide) groups is 1. The lowest BCUT2D eigenvalue weighted by Crippen LogP contribution is -2.25. The predicted molar refractivity (Wildman–Crippen MR) is 116 cm³/mol. The molecule has 154 valence electrons. The molecule has 2 amide bonds. The molecule has 0 saturated carbocycles. The van der Waals surface area contributed by atoms with Crippen LogP contribution in [0.25, 0.3) is 0 Å². The Hall–Kier alpha value is -2.32. The lowest BCUT2D eigenvalue weighted by molar-refractivity contribution is -0.116. The molecule has 0 radical (unpaired) electrons. The molecule has 2 aromatic carbocycles. The van der Waals surface area contributed by atoms with Gasteiger partial charge in [-0.1, -0.05) is 19.1 Å². The van der Waals surface area contributed by atoms with E-state index in [-0.39, 0.29) is 23.1 Å². The van der Waals surface area contributed by atoms with E-state index in [0.717, 1.165) is 16.9 Å². The summed E-state index contributed by atoms with van der Waals surface area (Å²) in [6.45, 7) is 3.57. The molecule has 0 aromatic heterocycles. The van der Waals surface area contributed by atoms with E-state index in [4.69, 9.17) is 0 Å². The minimum atomic E-state index is -3.72. The van der Waals surface area contributed by atoms with Crippen LogP contribution < -0.4 is 10.6 Å². The van der Waals surface area contributed by atoms with Gasteiger partial charge in [0.2, 0.25) is 11.8 Å². The summed E-state index contributed by atoms with van der Waals surface area (Å²) < 4.78 is 25.9. The first-order valence-electron chi connectivity index (χ1n) is 9.49. The molecule has 8 heteroatoms. The molecule has 1 aliphatic heterocycles. The molecule has 0 fully saturated rings. The summed E-state index contributed by atoms with van der Waals surface area (Å²) in [5, 5.41) is 4.60. The third-order valence-corrected chi connectivity index (χ3v) is 8.00. The van der Waals surface area contributed by atoms with Crippen molar-refractivity contribution < 1.29 is 18.0 Å². The van der Waals surface area contributed by atoms with Crippen molar-refractivity contribution in [2.24, 2.45) is 0 Å². The zero-order chi connectivity index (χ0) is 21.0. The van der Waals surface area contributed by atoms with Crippen LogP contribution in [-0.4, -0.2) is 31.2 Å². The highest BCUT2D eigenvalue weighted by molar-refractivity contribution is 7.99. The average Bonchev–Trinajstić information content (AvgIpc) is 2.88. The Balaban J connectivity index is 1.71. The minimum absolute atomic E-state index is 0.103. The van der Waals surface area contributed by atoms with Crippen LogP contribution in [0, 0.1) is 0 Å². The van der Waals surface area contributed by atoms with E-state index in [0.29, 0.717) is 23.5 Å². The number of carbonyl (C=O) groups excluding carboxylic acids is 2. The van der Waals surface area contributed by atoms with Gasteiger partial charge in [-0.15, -0.1) is 11.8 Å². The van der Waals surface area contributed by atoms with Gasteiger partial charge in [-0.05, 0) is 49.2 Å². The van der Waals surface area contributed by atoms with Gasteiger partial charge in [0.1, 0.15) is 0 Å². The van der Waals surface area contributed by atoms with Gasteiger partial charge >= 0.3 is 0 Å². The molecule has 0 saturated heterocycles. The summed E-state index contributed by atoms with van der Waals surface area (Å²) in [6.07, 6.45) is 1.14. The highest BCUT2D eigenvalue weighted by atomic mass is 32.2. The van der Waals surface area contributed by atoms with Crippen LogP contribution in [0.4, 0.5) is 11.4 Å². The first kappa shape index (κ1) is 21.4. The first-order chi connectivity index (χ1) is 13.8. The smallest absolute Gasteiger partial charge is 0.225 e. The van der Waals surface area contributed by atoms with Gasteiger partial charge in [-0.25, -0.2) is 8.42 Å². The second kappa shape index (κ2) is 9.00. The fraction of sp³-hybridized carbons (Fsp3) is 0.333. The van der Waals surface area contributed by atoms with E-state index < -0.39 is 15.1 Å². The lowest BCUT2D eigenvalue weighted by Gasteiger charge is -2.15. The summed E-state index contributed by atoms with van der Waals surface area (Å²) in [5.74, 6) is 0.164. The predicted octanol–water partition coefficient (Wildman–Crippen LogP) is 3.87. The zero-order valence-corrected chi connectivity index (χ0v) is 18.0.